The number of ether oxygens (including phenoxy) is 1. The summed E-state index contributed by atoms with van der Waals surface area (Å²) in [7, 11) is 4.02. The fraction of sp³-hybridized carbons (Fsp3) is 0.185. The molecule has 168 valence electrons. The largest absolute Gasteiger partial charge is 0.492 e. The molecule has 0 aliphatic carbocycles. The Kier molecular flexibility index (Phi) is 7.23. The van der Waals surface area contributed by atoms with Crippen LogP contribution in [0.4, 0.5) is 5.69 Å². The number of benzene rings is 2. The lowest BCUT2D eigenvalue weighted by Crippen LogP contribution is -2.35. The van der Waals surface area contributed by atoms with Crippen LogP contribution in [-0.2, 0) is 4.79 Å². The first kappa shape index (κ1) is 22.8. The predicted octanol–water partition coefficient (Wildman–Crippen LogP) is 5.19. The molecule has 4 rings (SSSR count). The second-order valence-corrected chi connectivity index (χ2v) is 8.42. The minimum absolute atomic E-state index is 0.547. The standard InChI is InChI=1S/C27H26ClN3O2/c1-30(2)14-15-33-22-9-7-8-21(17-22)31-18-20(26-12-5-6-13-29-26)16-24(27(31)19-32)23-10-3-4-11-25(23)28/h3-13,16-19,27H,14-15H2,1-2H3. The molecule has 0 amide bonds. The van der Waals surface area contributed by atoms with Gasteiger partial charge < -0.3 is 19.3 Å². The zero-order valence-corrected chi connectivity index (χ0v) is 19.4. The summed E-state index contributed by atoms with van der Waals surface area (Å²) in [5.41, 5.74) is 4.19. The van der Waals surface area contributed by atoms with Crippen molar-refractivity contribution < 1.29 is 9.53 Å². The van der Waals surface area contributed by atoms with Crippen molar-refractivity contribution in [1.82, 2.24) is 9.88 Å². The van der Waals surface area contributed by atoms with Crippen LogP contribution in [0.25, 0.3) is 11.1 Å². The molecule has 0 saturated heterocycles. The Bertz CT molecular complexity index is 1170. The van der Waals surface area contributed by atoms with E-state index >= 15 is 0 Å². The minimum Gasteiger partial charge on any atom is -0.492 e. The van der Waals surface area contributed by atoms with Crippen molar-refractivity contribution in [3.63, 3.8) is 0 Å². The molecular weight excluding hydrogens is 434 g/mol. The van der Waals surface area contributed by atoms with Crippen LogP contribution in [0.15, 0.2) is 85.2 Å². The Balaban J connectivity index is 1.77. The molecule has 1 atom stereocenters. The van der Waals surface area contributed by atoms with Gasteiger partial charge in [0.25, 0.3) is 0 Å². The maximum atomic E-state index is 12.4. The number of nitrogens with zero attached hydrogens (tertiary/aromatic N) is 3. The summed E-state index contributed by atoms with van der Waals surface area (Å²) in [5.74, 6) is 0.751. The van der Waals surface area contributed by atoms with Gasteiger partial charge in [-0.05, 0) is 61.6 Å². The number of halogens is 1. The smallest absolute Gasteiger partial charge is 0.147 e. The molecule has 0 radical (unpaired) electrons. The van der Waals surface area contributed by atoms with E-state index in [1.54, 1.807) is 6.20 Å². The van der Waals surface area contributed by atoms with Gasteiger partial charge in [0.05, 0.1) is 5.69 Å². The van der Waals surface area contributed by atoms with Crippen LogP contribution >= 0.6 is 11.6 Å². The monoisotopic (exact) mass is 459 g/mol. The lowest BCUT2D eigenvalue weighted by Gasteiger charge is -2.33. The van der Waals surface area contributed by atoms with E-state index in [9.17, 15) is 4.79 Å². The van der Waals surface area contributed by atoms with Gasteiger partial charge in [0, 0.05) is 41.3 Å². The quantitative estimate of drug-likeness (QED) is 0.434. The van der Waals surface area contributed by atoms with Gasteiger partial charge in [0.15, 0.2) is 0 Å². The first-order chi connectivity index (χ1) is 16.1. The van der Waals surface area contributed by atoms with Crippen LogP contribution in [0.1, 0.15) is 11.3 Å². The average molecular weight is 460 g/mol. The summed E-state index contributed by atoms with van der Waals surface area (Å²) in [4.78, 5) is 20.9. The number of likely N-dealkylation sites (N-methyl/N-ethyl adjacent to an activating group) is 1. The van der Waals surface area contributed by atoms with Crippen molar-refractivity contribution in [3.05, 3.63) is 101 Å². The predicted molar refractivity (Wildman–Crippen MR) is 134 cm³/mol. The van der Waals surface area contributed by atoms with Crippen LogP contribution in [0.5, 0.6) is 5.75 Å². The first-order valence-corrected chi connectivity index (χ1v) is 11.2. The molecule has 1 aliphatic rings. The topological polar surface area (TPSA) is 45.7 Å². The molecule has 2 heterocycles. The summed E-state index contributed by atoms with van der Waals surface area (Å²) in [6, 6.07) is 20.6. The molecule has 1 aliphatic heterocycles. The number of carbonyl (C=O) groups is 1. The molecule has 0 saturated carbocycles. The van der Waals surface area contributed by atoms with Crippen molar-refractivity contribution in [2.75, 3.05) is 32.1 Å². The fourth-order valence-corrected chi connectivity index (χ4v) is 3.97. The molecule has 33 heavy (non-hydrogen) atoms. The third-order valence-corrected chi connectivity index (χ3v) is 5.73. The zero-order valence-electron chi connectivity index (χ0n) is 18.7. The Hall–Kier alpha value is -3.41. The Labute approximate surface area is 199 Å². The highest BCUT2D eigenvalue weighted by atomic mass is 35.5. The summed E-state index contributed by atoms with van der Waals surface area (Å²) in [5, 5.41) is 0.596. The van der Waals surface area contributed by atoms with Crippen LogP contribution in [0.2, 0.25) is 5.02 Å². The number of hydrogen-bond acceptors (Lipinski definition) is 5. The van der Waals surface area contributed by atoms with E-state index in [2.05, 4.69) is 9.88 Å². The van der Waals surface area contributed by atoms with E-state index in [4.69, 9.17) is 16.3 Å². The number of carbonyl (C=O) groups excluding carboxylic acids is 1. The van der Waals surface area contributed by atoms with Gasteiger partial charge >= 0.3 is 0 Å². The SMILES string of the molecule is CN(C)CCOc1cccc(N2C=C(c3ccccn3)C=C(c3ccccc3Cl)C2C=O)c1. The number of hydrogen-bond donors (Lipinski definition) is 0. The van der Waals surface area contributed by atoms with E-state index in [-0.39, 0.29) is 0 Å². The Morgan fingerprint density at radius 1 is 1.09 bits per heavy atom. The van der Waals surface area contributed by atoms with Crippen LogP contribution in [-0.4, -0.2) is 49.5 Å². The van der Waals surface area contributed by atoms with Crippen molar-refractivity contribution >= 4 is 34.7 Å². The maximum Gasteiger partial charge on any atom is 0.147 e. The van der Waals surface area contributed by atoms with Gasteiger partial charge in [-0.3, -0.25) is 4.98 Å². The van der Waals surface area contributed by atoms with Gasteiger partial charge in [-0.15, -0.1) is 0 Å². The van der Waals surface area contributed by atoms with Gasteiger partial charge in [-0.1, -0.05) is 41.9 Å². The number of aldehydes is 1. The van der Waals surface area contributed by atoms with Crippen LogP contribution < -0.4 is 9.64 Å². The lowest BCUT2D eigenvalue weighted by atomic mass is 9.91. The number of pyridine rings is 1. The molecule has 3 aromatic rings. The molecule has 1 unspecified atom stereocenters. The molecule has 1 aromatic heterocycles. The molecule has 6 heteroatoms. The number of anilines is 1. The fourth-order valence-electron chi connectivity index (χ4n) is 3.73. The van der Waals surface area contributed by atoms with Crippen molar-refractivity contribution in [1.29, 1.82) is 0 Å². The molecule has 2 aromatic carbocycles. The first-order valence-electron chi connectivity index (χ1n) is 10.8. The average Bonchev–Trinajstić information content (AvgIpc) is 2.84. The van der Waals surface area contributed by atoms with Crippen LogP contribution in [0, 0.1) is 0 Å². The molecular formula is C27H26ClN3O2. The Morgan fingerprint density at radius 3 is 2.64 bits per heavy atom. The summed E-state index contributed by atoms with van der Waals surface area (Å²) in [6.45, 7) is 1.39. The number of aromatic nitrogens is 1. The van der Waals surface area contributed by atoms with Gasteiger partial charge in [0.1, 0.15) is 24.7 Å². The van der Waals surface area contributed by atoms with E-state index < -0.39 is 6.04 Å². The maximum absolute atomic E-state index is 12.4. The third-order valence-electron chi connectivity index (χ3n) is 5.40. The summed E-state index contributed by atoms with van der Waals surface area (Å²) < 4.78 is 5.93. The van der Waals surface area contributed by atoms with Gasteiger partial charge in [-0.25, -0.2) is 0 Å². The van der Waals surface area contributed by atoms with E-state index in [0.717, 1.165) is 46.7 Å². The summed E-state index contributed by atoms with van der Waals surface area (Å²) in [6.07, 6.45) is 6.66. The summed E-state index contributed by atoms with van der Waals surface area (Å²) >= 11 is 6.54. The normalized spacial score (nSPS) is 15.8. The highest BCUT2D eigenvalue weighted by Gasteiger charge is 2.28. The molecule has 0 fully saturated rings. The minimum atomic E-state index is -0.547. The molecule has 5 nitrogen and oxygen atoms in total. The number of allylic oxidation sites excluding steroid dienone is 2. The van der Waals surface area contributed by atoms with Crippen molar-refractivity contribution in [2.45, 2.75) is 6.04 Å². The zero-order chi connectivity index (χ0) is 23.2. The Morgan fingerprint density at radius 2 is 1.91 bits per heavy atom. The molecule has 0 bridgehead atoms. The highest BCUT2D eigenvalue weighted by molar-refractivity contribution is 6.32. The lowest BCUT2D eigenvalue weighted by molar-refractivity contribution is -0.107. The highest BCUT2D eigenvalue weighted by Crippen LogP contribution is 2.37. The van der Waals surface area contributed by atoms with E-state index in [0.29, 0.717) is 11.6 Å². The second kappa shape index (κ2) is 10.5. The number of rotatable bonds is 8. The molecule has 0 spiro atoms. The van der Waals surface area contributed by atoms with Crippen molar-refractivity contribution in [2.24, 2.45) is 0 Å². The third kappa shape index (κ3) is 5.33. The van der Waals surface area contributed by atoms with E-state index in [1.165, 1.54) is 0 Å². The van der Waals surface area contributed by atoms with Crippen LogP contribution in [0.3, 0.4) is 0 Å². The van der Waals surface area contributed by atoms with Gasteiger partial charge in [-0.2, -0.15) is 0 Å². The molecule has 0 N–H and O–H groups in total. The second-order valence-electron chi connectivity index (χ2n) is 8.02. The van der Waals surface area contributed by atoms with E-state index in [1.807, 2.05) is 98.0 Å². The van der Waals surface area contributed by atoms with Gasteiger partial charge in [0.2, 0.25) is 0 Å². The van der Waals surface area contributed by atoms with Crippen molar-refractivity contribution in [3.8, 4) is 5.75 Å².